The third kappa shape index (κ3) is 2.58. The lowest BCUT2D eigenvalue weighted by molar-refractivity contribution is 0.212. The fraction of sp³-hybridized carbons (Fsp3) is 0.294. The standard InChI is InChI=1S/C17H18ClNO3S/c18-13-6-4-5-12(9-13)15-16(17(15,10-19)11-20)23(21,22)14-7-2-1-3-8-14/h1-9,15-16,20H,10-11,19H2/t15-,16+,17+/m1/s1. The van der Waals surface area contributed by atoms with Gasteiger partial charge in [0.15, 0.2) is 9.84 Å². The van der Waals surface area contributed by atoms with Gasteiger partial charge in [0.05, 0.1) is 16.8 Å². The van der Waals surface area contributed by atoms with E-state index in [9.17, 15) is 13.5 Å². The van der Waals surface area contributed by atoms with Gasteiger partial charge >= 0.3 is 0 Å². The van der Waals surface area contributed by atoms with E-state index in [1.54, 1.807) is 48.5 Å². The molecule has 0 heterocycles. The molecule has 122 valence electrons. The van der Waals surface area contributed by atoms with Crippen LogP contribution in [0.4, 0.5) is 0 Å². The molecule has 3 rings (SSSR count). The number of nitrogens with two attached hydrogens (primary N) is 1. The van der Waals surface area contributed by atoms with Crippen molar-refractivity contribution in [1.82, 2.24) is 0 Å². The number of benzene rings is 2. The Morgan fingerprint density at radius 1 is 1.13 bits per heavy atom. The van der Waals surface area contributed by atoms with Crippen LogP contribution in [-0.2, 0) is 9.84 Å². The van der Waals surface area contributed by atoms with E-state index in [1.165, 1.54) is 0 Å². The average Bonchev–Trinajstić information content (AvgIpc) is 3.26. The summed E-state index contributed by atoms with van der Waals surface area (Å²) in [5, 5.41) is 9.65. The van der Waals surface area contributed by atoms with E-state index in [0.717, 1.165) is 5.56 Å². The summed E-state index contributed by atoms with van der Waals surface area (Å²) in [6, 6.07) is 15.4. The molecule has 1 saturated carbocycles. The summed E-state index contributed by atoms with van der Waals surface area (Å²) >= 11 is 6.03. The van der Waals surface area contributed by atoms with Crippen LogP contribution < -0.4 is 5.73 Å². The first-order valence-electron chi connectivity index (χ1n) is 7.33. The van der Waals surface area contributed by atoms with Crippen LogP contribution >= 0.6 is 11.6 Å². The van der Waals surface area contributed by atoms with Crippen LogP contribution in [0.15, 0.2) is 59.5 Å². The SMILES string of the molecule is NC[C@]1(CO)[C@H](c2cccc(Cl)c2)[C@@H]1S(=O)(=O)c1ccccc1. The Morgan fingerprint density at radius 3 is 2.39 bits per heavy atom. The summed E-state index contributed by atoms with van der Waals surface area (Å²) in [6.45, 7) is -0.186. The number of hydrogen-bond donors (Lipinski definition) is 2. The lowest BCUT2D eigenvalue weighted by atomic mass is 10.0. The number of aliphatic hydroxyl groups is 1. The van der Waals surface area contributed by atoms with Crippen molar-refractivity contribution in [3.8, 4) is 0 Å². The summed E-state index contributed by atoms with van der Waals surface area (Å²) < 4.78 is 26.0. The number of halogens is 1. The van der Waals surface area contributed by atoms with Gasteiger partial charge in [0.1, 0.15) is 0 Å². The Balaban J connectivity index is 2.07. The Morgan fingerprint density at radius 2 is 1.83 bits per heavy atom. The second-order valence-corrected chi connectivity index (χ2v) is 8.41. The number of rotatable bonds is 5. The lowest BCUT2D eigenvalue weighted by Gasteiger charge is -2.12. The molecule has 3 atom stereocenters. The third-order valence-electron chi connectivity index (χ3n) is 4.67. The van der Waals surface area contributed by atoms with E-state index in [1.807, 2.05) is 6.07 Å². The number of aliphatic hydroxyl groups excluding tert-OH is 1. The minimum absolute atomic E-state index is 0.0947. The zero-order valence-corrected chi connectivity index (χ0v) is 14.0. The van der Waals surface area contributed by atoms with Crippen LogP contribution in [0.5, 0.6) is 0 Å². The molecule has 0 bridgehead atoms. The maximum atomic E-state index is 13.0. The molecule has 2 aromatic carbocycles. The predicted molar refractivity (Wildman–Crippen MR) is 90.2 cm³/mol. The van der Waals surface area contributed by atoms with Crippen molar-refractivity contribution in [2.75, 3.05) is 13.2 Å². The molecule has 23 heavy (non-hydrogen) atoms. The van der Waals surface area contributed by atoms with Crippen molar-refractivity contribution in [3.05, 3.63) is 65.2 Å². The maximum Gasteiger partial charge on any atom is 0.182 e. The van der Waals surface area contributed by atoms with E-state index in [4.69, 9.17) is 17.3 Å². The second kappa shape index (κ2) is 5.91. The van der Waals surface area contributed by atoms with Crippen molar-refractivity contribution >= 4 is 21.4 Å². The molecule has 0 spiro atoms. The van der Waals surface area contributed by atoms with Gasteiger partial charge in [0, 0.05) is 22.9 Å². The molecule has 1 aliphatic carbocycles. The van der Waals surface area contributed by atoms with Gasteiger partial charge in [-0.05, 0) is 29.8 Å². The molecule has 0 radical (unpaired) electrons. The minimum atomic E-state index is -3.59. The molecule has 0 saturated heterocycles. The summed E-state index contributed by atoms with van der Waals surface area (Å²) in [5.41, 5.74) is 5.78. The fourth-order valence-electron chi connectivity index (χ4n) is 3.40. The highest BCUT2D eigenvalue weighted by atomic mass is 35.5. The second-order valence-electron chi connectivity index (χ2n) is 5.91. The molecule has 1 fully saturated rings. The molecule has 0 unspecified atom stereocenters. The molecule has 6 heteroatoms. The molecule has 0 aromatic heterocycles. The molecule has 2 aromatic rings. The van der Waals surface area contributed by atoms with Crippen molar-refractivity contribution in [3.63, 3.8) is 0 Å². The zero-order valence-electron chi connectivity index (χ0n) is 12.4. The first-order valence-corrected chi connectivity index (χ1v) is 9.25. The summed E-state index contributed by atoms with van der Waals surface area (Å²) in [6.07, 6.45) is 0. The van der Waals surface area contributed by atoms with Gasteiger partial charge in [-0.25, -0.2) is 8.42 Å². The van der Waals surface area contributed by atoms with E-state index in [2.05, 4.69) is 0 Å². The molecule has 1 aliphatic rings. The van der Waals surface area contributed by atoms with Gasteiger partial charge in [-0.1, -0.05) is 41.9 Å². The Kier molecular flexibility index (Phi) is 4.23. The lowest BCUT2D eigenvalue weighted by Crippen LogP contribution is -2.27. The normalized spacial score (nSPS) is 26.9. The van der Waals surface area contributed by atoms with Gasteiger partial charge in [0.25, 0.3) is 0 Å². The molecular weight excluding hydrogens is 334 g/mol. The van der Waals surface area contributed by atoms with Gasteiger partial charge in [0.2, 0.25) is 0 Å². The van der Waals surface area contributed by atoms with Gasteiger partial charge in [-0.15, -0.1) is 0 Å². The summed E-state index contributed by atoms with van der Waals surface area (Å²) in [4.78, 5) is 0.251. The van der Waals surface area contributed by atoms with Crippen LogP contribution in [-0.4, -0.2) is 31.9 Å². The molecular formula is C17H18ClNO3S. The Labute approximate surface area is 140 Å². The van der Waals surface area contributed by atoms with E-state index >= 15 is 0 Å². The minimum Gasteiger partial charge on any atom is -0.396 e. The highest BCUT2D eigenvalue weighted by molar-refractivity contribution is 7.92. The van der Waals surface area contributed by atoms with Crippen LogP contribution in [0.1, 0.15) is 11.5 Å². The number of hydrogen-bond acceptors (Lipinski definition) is 4. The predicted octanol–water partition coefficient (Wildman–Crippen LogP) is 2.22. The largest absolute Gasteiger partial charge is 0.396 e. The van der Waals surface area contributed by atoms with E-state index in [0.29, 0.717) is 5.02 Å². The van der Waals surface area contributed by atoms with Crippen molar-refractivity contribution in [1.29, 1.82) is 0 Å². The first kappa shape index (κ1) is 16.5. The first-order chi connectivity index (χ1) is 11.0. The fourth-order valence-corrected chi connectivity index (χ4v) is 6.07. The number of sulfone groups is 1. The maximum absolute atomic E-state index is 13.0. The van der Waals surface area contributed by atoms with E-state index < -0.39 is 20.5 Å². The van der Waals surface area contributed by atoms with E-state index in [-0.39, 0.29) is 24.0 Å². The monoisotopic (exact) mass is 351 g/mol. The Bertz CT molecular complexity index is 804. The zero-order chi connectivity index (χ0) is 16.7. The summed E-state index contributed by atoms with van der Waals surface area (Å²) in [5.74, 6) is -0.360. The van der Waals surface area contributed by atoms with Gasteiger partial charge < -0.3 is 10.8 Å². The van der Waals surface area contributed by atoms with Crippen molar-refractivity contribution in [2.24, 2.45) is 11.1 Å². The molecule has 3 N–H and O–H groups in total. The molecule has 0 amide bonds. The van der Waals surface area contributed by atoms with Crippen LogP contribution in [0.3, 0.4) is 0 Å². The topological polar surface area (TPSA) is 80.4 Å². The van der Waals surface area contributed by atoms with Crippen molar-refractivity contribution < 1.29 is 13.5 Å². The third-order valence-corrected chi connectivity index (χ3v) is 7.24. The molecule has 0 aliphatic heterocycles. The highest BCUT2D eigenvalue weighted by Crippen LogP contribution is 2.63. The highest BCUT2D eigenvalue weighted by Gasteiger charge is 2.70. The Hall–Kier alpha value is -1.40. The van der Waals surface area contributed by atoms with Gasteiger partial charge in [-0.2, -0.15) is 0 Å². The van der Waals surface area contributed by atoms with Gasteiger partial charge in [-0.3, -0.25) is 0 Å². The smallest absolute Gasteiger partial charge is 0.182 e. The summed E-state index contributed by atoms with van der Waals surface area (Å²) in [7, 11) is -3.59. The van der Waals surface area contributed by atoms with Crippen molar-refractivity contribution in [2.45, 2.75) is 16.1 Å². The molecule has 4 nitrogen and oxygen atoms in total. The van der Waals surface area contributed by atoms with Crippen LogP contribution in [0.2, 0.25) is 5.02 Å². The van der Waals surface area contributed by atoms with Crippen LogP contribution in [0.25, 0.3) is 0 Å². The quantitative estimate of drug-likeness (QED) is 0.865. The van der Waals surface area contributed by atoms with Crippen LogP contribution in [0, 0.1) is 5.41 Å². The average molecular weight is 352 g/mol.